The van der Waals surface area contributed by atoms with E-state index >= 15 is 0 Å². The van der Waals surface area contributed by atoms with Gasteiger partial charge in [0, 0.05) is 40.6 Å². The fourth-order valence-electron chi connectivity index (χ4n) is 4.62. The van der Waals surface area contributed by atoms with Gasteiger partial charge in [0.1, 0.15) is 0 Å². The highest BCUT2D eigenvalue weighted by Gasteiger charge is 2.25. The topological polar surface area (TPSA) is 43.1 Å². The maximum Gasteiger partial charge on any atom is 0.276 e. The summed E-state index contributed by atoms with van der Waals surface area (Å²) in [6, 6.07) is 18.2. The van der Waals surface area contributed by atoms with Crippen LogP contribution in [0.15, 0.2) is 69.2 Å². The normalized spacial score (nSPS) is 15.2. The molecule has 5 rings (SSSR count). The maximum absolute atomic E-state index is 13.2. The minimum atomic E-state index is 0.0851. The summed E-state index contributed by atoms with van der Waals surface area (Å²) in [5, 5.41) is 3.40. The van der Waals surface area contributed by atoms with Gasteiger partial charge >= 0.3 is 0 Å². The molecule has 1 fully saturated rings. The van der Waals surface area contributed by atoms with Crippen LogP contribution in [0.25, 0.3) is 16.9 Å². The Morgan fingerprint density at radius 1 is 1.09 bits per heavy atom. The lowest BCUT2D eigenvalue weighted by Crippen LogP contribution is -2.34. The first-order valence-electron chi connectivity index (χ1n) is 11.3. The molecule has 0 spiro atoms. The average Bonchev–Trinajstić information content (AvgIpc) is 3.40. The van der Waals surface area contributed by atoms with E-state index in [1.54, 1.807) is 16.0 Å². The zero-order valence-electron chi connectivity index (χ0n) is 18.9. The molecule has 33 heavy (non-hydrogen) atoms. The van der Waals surface area contributed by atoms with Crippen LogP contribution in [0, 0.1) is 6.92 Å². The molecular weight excluding hydrogens is 496 g/mol. The molecule has 5 nitrogen and oxygen atoms in total. The van der Waals surface area contributed by atoms with Crippen molar-refractivity contribution in [1.82, 2.24) is 19.2 Å². The Morgan fingerprint density at radius 3 is 2.58 bits per heavy atom. The fraction of sp³-hybridized carbons (Fsp3) is 0.308. The van der Waals surface area contributed by atoms with Crippen molar-refractivity contribution in [3.63, 3.8) is 0 Å². The van der Waals surface area contributed by atoms with Crippen LogP contribution in [-0.2, 0) is 13.6 Å². The highest BCUT2D eigenvalue weighted by molar-refractivity contribution is 9.10. The van der Waals surface area contributed by atoms with Crippen molar-refractivity contribution in [2.45, 2.75) is 32.2 Å². The lowest BCUT2D eigenvalue weighted by atomic mass is 9.97. The van der Waals surface area contributed by atoms with Gasteiger partial charge in [0.15, 0.2) is 0 Å². The highest BCUT2D eigenvalue weighted by Crippen LogP contribution is 2.33. The fourth-order valence-corrected chi connectivity index (χ4v) is 6.02. The van der Waals surface area contributed by atoms with Crippen molar-refractivity contribution in [3.8, 4) is 16.9 Å². The summed E-state index contributed by atoms with van der Waals surface area (Å²) in [6.07, 6.45) is 2.15. The molecule has 0 radical (unpaired) electrons. The molecule has 7 heteroatoms. The van der Waals surface area contributed by atoms with Gasteiger partial charge in [0.2, 0.25) is 0 Å². The molecule has 1 saturated heterocycles. The van der Waals surface area contributed by atoms with Crippen molar-refractivity contribution in [3.05, 3.63) is 91.1 Å². The van der Waals surface area contributed by atoms with E-state index < -0.39 is 0 Å². The molecule has 2 aromatic carbocycles. The van der Waals surface area contributed by atoms with Gasteiger partial charge < -0.3 is 0 Å². The van der Waals surface area contributed by atoms with E-state index in [1.165, 1.54) is 5.01 Å². The number of nitrogens with zero attached hydrogens (tertiary/aromatic N) is 4. The largest absolute Gasteiger partial charge is 0.299 e. The molecule has 0 aliphatic carbocycles. The van der Waals surface area contributed by atoms with Gasteiger partial charge in [0.25, 0.3) is 5.56 Å². The van der Waals surface area contributed by atoms with E-state index in [0.29, 0.717) is 12.5 Å². The third kappa shape index (κ3) is 4.50. The van der Waals surface area contributed by atoms with E-state index in [2.05, 4.69) is 38.3 Å². The molecule has 2 aromatic heterocycles. The summed E-state index contributed by atoms with van der Waals surface area (Å²) in [4.78, 5) is 20.6. The van der Waals surface area contributed by atoms with Crippen LogP contribution in [-0.4, -0.2) is 32.3 Å². The Labute approximate surface area is 206 Å². The van der Waals surface area contributed by atoms with Crippen molar-refractivity contribution < 1.29 is 0 Å². The lowest BCUT2D eigenvalue weighted by molar-refractivity contribution is 0.203. The predicted molar refractivity (Wildman–Crippen MR) is 138 cm³/mol. The quantitative estimate of drug-likeness (QED) is 0.335. The number of rotatable bonds is 5. The number of likely N-dealkylation sites (tertiary alicyclic amines) is 1. The zero-order valence-corrected chi connectivity index (χ0v) is 21.3. The Morgan fingerprint density at radius 2 is 1.85 bits per heavy atom. The van der Waals surface area contributed by atoms with Crippen molar-refractivity contribution in [1.29, 1.82) is 0 Å². The summed E-state index contributed by atoms with van der Waals surface area (Å²) in [5.74, 6) is 0.491. The van der Waals surface area contributed by atoms with Gasteiger partial charge in [-0.1, -0.05) is 46.3 Å². The van der Waals surface area contributed by atoms with Crippen LogP contribution in [0.1, 0.15) is 35.0 Å². The smallest absolute Gasteiger partial charge is 0.276 e. The second-order valence-corrected chi connectivity index (χ2v) is 10.5. The predicted octanol–water partition coefficient (Wildman–Crippen LogP) is 5.75. The summed E-state index contributed by atoms with van der Waals surface area (Å²) < 4.78 is 4.82. The van der Waals surface area contributed by atoms with E-state index in [9.17, 15) is 4.79 Å². The Hall–Kier alpha value is -2.48. The number of para-hydroxylation sites is 1. The monoisotopic (exact) mass is 522 g/mol. The second kappa shape index (κ2) is 9.41. The summed E-state index contributed by atoms with van der Waals surface area (Å²) in [7, 11) is 1.96. The van der Waals surface area contributed by atoms with Gasteiger partial charge in [-0.25, -0.2) is 9.67 Å². The Kier molecular flexibility index (Phi) is 6.36. The van der Waals surface area contributed by atoms with Gasteiger partial charge in [-0.2, -0.15) is 0 Å². The molecule has 0 saturated carbocycles. The molecule has 1 aliphatic heterocycles. The summed E-state index contributed by atoms with van der Waals surface area (Å²) in [6.45, 7) is 4.71. The molecule has 0 N–H and O–H groups in total. The highest BCUT2D eigenvalue weighted by atomic mass is 79.9. The van der Waals surface area contributed by atoms with Crippen LogP contribution in [0.2, 0.25) is 0 Å². The SMILES string of the molecule is Cc1c(CN2CCC(c3nc(-c4cccc(Br)c4)cs3)CC2)c(=O)n(-c2ccccc2)n1C. The van der Waals surface area contributed by atoms with Crippen molar-refractivity contribution >= 4 is 27.3 Å². The number of hydrogen-bond acceptors (Lipinski definition) is 4. The minimum absolute atomic E-state index is 0.0851. The third-order valence-corrected chi connectivity index (χ3v) is 8.13. The van der Waals surface area contributed by atoms with Crippen LogP contribution in [0.4, 0.5) is 0 Å². The number of hydrogen-bond donors (Lipinski definition) is 0. The molecule has 0 atom stereocenters. The molecule has 0 amide bonds. The first-order chi connectivity index (χ1) is 16.0. The number of thiazole rings is 1. The van der Waals surface area contributed by atoms with Crippen LogP contribution >= 0.6 is 27.3 Å². The van der Waals surface area contributed by atoms with Crippen LogP contribution in [0.3, 0.4) is 0 Å². The van der Waals surface area contributed by atoms with Gasteiger partial charge in [-0.05, 0) is 57.1 Å². The molecule has 3 heterocycles. The van der Waals surface area contributed by atoms with Crippen LogP contribution in [0.5, 0.6) is 0 Å². The number of aromatic nitrogens is 3. The average molecular weight is 524 g/mol. The third-order valence-electron chi connectivity index (χ3n) is 6.63. The zero-order chi connectivity index (χ0) is 22.9. The first kappa shape index (κ1) is 22.3. The lowest BCUT2D eigenvalue weighted by Gasteiger charge is -2.30. The van der Waals surface area contributed by atoms with Crippen LogP contribution < -0.4 is 5.56 Å². The van der Waals surface area contributed by atoms with E-state index in [-0.39, 0.29) is 5.56 Å². The van der Waals surface area contributed by atoms with Crippen molar-refractivity contribution in [2.24, 2.45) is 7.05 Å². The summed E-state index contributed by atoms with van der Waals surface area (Å²) in [5.41, 5.74) is 5.12. The molecule has 0 bridgehead atoms. The minimum Gasteiger partial charge on any atom is -0.299 e. The molecule has 170 valence electrons. The van der Waals surface area contributed by atoms with Gasteiger partial charge in [-0.15, -0.1) is 11.3 Å². The molecule has 1 aliphatic rings. The molecule has 0 unspecified atom stereocenters. The first-order valence-corrected chi connectivity index (χ1v) is 12.9. The second-order valence-electron chi connectivity index (χ2n) is 8.67. The summed E-state index contributed by atoms with van der Waals surface area (Å²) >= 11 is 5.32. The number of piperidine rings is 1. The van der Waals surface area contributed by atoms with Gasteiger partial charge in [-0.3, -0.25) is 14.4 Å². The Balaban J connectivity index is 1.27. The van der Waals surface area contributed by atoms with Crippen molar-refractivity contribution in [2.75, 3.05) is 13.1 Å². The van der Waals surface area contributed by atoms with Gasteiger partial charge in [0.05, 0.1) is 22.0 Å². The Bertz CT molecular complexity index is 1320. The van der Waals surface area contributed by atoms with E-state index in [1.807, 2.05) is 61.1 Å². The molecular formula is C26H27BrN4OS. The number of benzene rings is 2. The maximum atomic E-state index is 13.2. The standard InChI is InChI=1S/C26H27BrN4OS/c1-18-23(26(32)31(29(18)2)22-9-4-3-5-10-22)16-30-13-11-19(12-14-30)25-28-24(17-33-25)20-7-6-8-21(27)15-20/h3-10,15,17,19H,11-14,16H2,1-2H3. The van der Waals surface area contributed by atoms with E-state index in [0.717, 1.165) is 58.6 Å². The number of halogens is 1. The van der Waals surface area contributed by atoms with E-state index in [4.69, 9.17) is 4.98 Å². The molecule has 4 aromatic rings.